The zero-order valence-electron chi connectivity index (χ0n) is 20.1. The minimum absolute atomic E-state index is 0.357. The standard InChI is InChI=1S/C27H27N5O3/c1-18-9-15-24(35-4)22(17-18)29-27(33)28-21-13-10-20(11-14-21)26-31-30-25(32(26)2)16-12-19-7-5-6-8-23(19)34-3/h5-17H,1-4H3,(H2,28,29,33)/b16-12+. The fourth-order valence-electron chi connectivity index (χ4n) is 3.61. The van der Waals surface area contributed by atoms with Gasteiger partial charge in [-0.15, -0.1) is 10.2 Å². The first-order valence-corrected chi connectivity index (χ1v) is 11.0. The number of rotatable bonds is 7. The number of carbonyl (C=O) groups is 1. The maximum Gasteiger partial charge on any atom is 0.323 e. The molecule has 8 heteroatoms. The molecule has 2 N–H and O–H groups in total. The minimum Gasteiger partial charge on any atom is -0.496 e. The van der Waals surface area contributed by atoms with Crippen molar-refractivity contribution in [2.75, 3.05) is 24.9 Å². The van der Waals surface area contributed by atoms with Crippen LogP contribution in [0.2, 0.25) is 0 Å². The number of amides is 2. The smallest absolute Gasteiger partial charge is 0.323 e. The van der Waals surface area contributed by atoms with Gasteiger partial charge in [-0.2, -0.15) is 0 Å². The quantitative estimate of drug-likeness (QED) is 0.367. The molecule has 178 valence electrons. The summed E-state index contributed by atoms with van der Waals surface area (Å²) in [5, 5.41) is 14.3. The Hall–Kier alpha value is -4.59. The van der Waals surface area contributed by atoms with Gasteiger partial charge in [-0.1, -0.05) is 24.3 Å². The van der Waals surface area contributed by atoms with Crippen LogP contribution in [0.5, 0.6) is 11.5 Å². The van der Waals surface area contributed by atoms with Gasteiger partial charge in [0.25, 0.3) is 0 Å². The fraction of sp³-hybridized carbons (Fsp3) is 0.148. The predicted octanol–water partition coefficient (Wildman–Crippen LogP) is 5.62. The molecule has 3 aromatic carbocycles. The van der Waals surface area contributed by atoms with E-state index in [0.29, 0.717) is 28.8 Å². The molecule has 0 radical (unpaired) electrons. The van der Waals surface area contributed by atoms with Gasteiger partial charge in [0.15, 0.2) is 11.6 Å². The Kier molecular flexibility index (Phi) is 7.11. The van der Waals surface area contributed by atoms with Crippen LogP contribution in [0.3, 0.4) is 0 Å². The maximum atomic E-state index is 12.5. The summed E-state index contributed by atoms with van der Waals surface area (Å²) in [6, 6.07) is 20.4. The highest BCUT2D eigenvalue weighted by Gasteiger charge is 2.11. The molecule has 0 atom stereocenters. The molecule has 1 heterocycles. The van der Waals surface area contributed by atoms with Gasteiger partial charge >= 0.3 is 6.03 Å². The van der Waals surface area contributed by atoms with Gasteiger partial charge in [0.1, 0.15) is 11.5 Å². The monoisotopic (exact) mass is 469 g/mol. The van der Waals surface area contributed by atoms with Crippen LogP contribution in [-0.4, -0.2) is 35.0 Å². The summed E-state index contributed by atoms with van der Waals surface area (Å²) < 4.78 is 12.6. The molecule has 0 saturated heterocycles. The number of nitrogens with zero attached hydrogens (tertiary/aromatic N) is 3. The highest BCUT2D eigenvalue weighted by Crippen LogP contribution is 2.26. The average molecular weight is 470 g/mol. The van der Waals surface area contributed by atoms with E-state index in [1.807, 2.05) is 97.4 Å². The lowest BCUT2D eigenvalue weighted by Gasteiger charge is -2.12. The van der Waals surface area contributed by atoms with Crippen molar-refractivity contribution in [2.24, 2.45) is 7.05 Å². The number of nitrogens with one attached hydrogen (secondary N) is 2. The SMILES string of the molecule is COc1ccccc1/C=C/c1nnc(-c2ccc(NC(=O)Nc3cc(C)ccc3OC)cc2)n1C. The van der Waals surface area contributed by atoms with Gasteiger partial charge in [0, 0.05) is 23.9 Å². The number of hydrogen-bond donors (Lipinski definition) is 2. The summed E-state index contributed by atoms with van der Waals surface area (Å²) in [4.78, 5) is 12.5. The molecule has 0 fully saturated rings. The van der Waals surface area contributed by atoms with Crippen molar-refractivity contribution >= 4 is 29.6 Å². The molecule has 0 unspecified atom stereocenters. The number of hydrogen-bond acceptors (Lipinski definition) is 5. The summed E-state index contributed by atoms with van der Waals surface area (Å²) in [7, 11) is 5.12. The lowest BCUT2D eigenvalue weighted by molar-refractivity contribution is 0.262. The maximum absolute atomic E-state index is 12.5. The van der Waals surface area contributed by atoms with E-state index in [0.717, 1.165) is 22.4 Å². The number of aryl methyl sites for hydroxylation is 1. The number of benzene rings is 3. The Morgan fingerprint density at radius 2 is 1.63 bits per heavy atom. The van der Waals surface area contributed by atoms with Crippen molar-refractivity contribution < 1.29 is 14.3 Å². The number of ether oxygens (including phenoxy) is 2. The summed E-state index contributed by atoms with van der Waals surface area (Å²) >= 11 is 0. The van der Waals surface area contributed by atoms with Crippen molar-refractivity contribution in [3.8, 4) is 22.9 Å². The summed E-state index contributed by atoms with van der Waals surface area (Å²) in [6.45, 7) is 1.95. The molecule has 1 aromatic heterocycles. The molecule has 35 heavy (non-hydrogen) atoms. The van der Waals surface area contributed by atoms with E-state index in [9.17, 15) is 4.79 Å². The second-order valence-corrected chi connectivity index (χ2v) is 7.88. The van der Waals surface area contributed by atoms with Gasteiger partial charge in [-0.25, -0.2) is 4.79 Å². The van der Waals surface area contributed by atoms with Crippen molar-refractivity contribution in [1.29, 1.82) is 0 Å². The van der Waals surface area contributed by atoms with Crippen LogP contribution in [0.4, 0.5) is 16.2 Å². The van der Waals surface area contributed by atoms with E-state index < -0.39 is 0 Å². The summed E-state index contributed by atoms with van der Waals surface area (Å²) in [6.07, 6.45) is 3.84. The van der Waals surface area contributed by atoms with Gasteiger partial charge in [-0.05, 0) is 67.1 Å². The predicted molar refractivity (Wildman–Crippen MR) is 139 cm³/mol. The Morgan fingerprint density at radius 3 is 2.37 bits per heavy atom. The van der Waals surface area contributed by atoms with E-state index in [4.69, 9.17) is 9.47 Å². The van der Waals surface area contributed by atoms with Crippen LogP contribution in [-0.2, 0) is 7.05 Å². The first-order valence-electron chi connectivity index (χ1n) is 11.0. The highest BCUT2D eigenvalue weighted by atomic mass is 16.5. The summed E-state index contributed by atoms with van der Waals surface area (Å²) in [5.74, 6) is 2.81. The Morgan fingerprint density at radius 1 is 0.886 bits per heavy atom. The molecule has 0 spiro atoms. The molecule has 4 aromatic rings. The fourth-order valence-corrected chi connectivity index (χ4v) is 3.61. The lowest BCUT2D eigenvalue weighted by atomic mass is 10.2. The Labute approximate surface area is 204 Å². The molecule has 8 nitrogen and oxygen atoms in total. The van der Waals surface area contributed by atoms with Crippen LogP contribution in [0.1, 0.15) is 17.0 Å². The Bertz CT molecular complexity index is 1360. The average Bonchev–Trinajstić information content (AvgIpc) is 3.23. The molecular formula is C27H27N5O3. The molecule has 0 aliphatic heterocycles. The molecule has 4 rings (SSSR count). The van der Waals surface area contributed by atoms with E-state index in [1.165, 1.54) is 0 Å². The highest BCUT2D eigenvalue weighted by molar-refractivity contribution is 6.00. The molecule has 0 bridgehead atoms. The normalized spacial score (nSPS) is 10.9. The molecule has 0 saturated carbocycles. The zero-order valence-corrected chi connectivity index (χ0v) is 20.1. The topological polar surface area (TPSA) is 90.3 Å². The second kappa shape index (κ2) is 10.6. The number of anilines is 2. The molecular weight excluding hydrogens is 442 g/mol. The largest absolute Gasteiger partial charge is 0.496 e. The van der Waals surface area contributed by atoms with Gasteiger partial charge < -0.3 is 24.7 Å². The third kappa shape index (κ3) is 5.50. The first kappa shape index (κ1) is 23.6. The third-order valence-corrected chi connectivity index (χ3v) is 5.46. The van der Waals surface area contributed by atoms with Crippen LogP contribution in [0.15, 0.2) is 66.7 Å². The van der Waals surface area contributed by atoms with Crippen LogP contribution < -0.4 is 20.1 Å². The minimum atomic E-state index is -0.357. The van der Waals surface area contributed by atoms with Crippen molar-refractivity contribution in [3.05, 3.63) is 83.7 Å². The van der Waals surface area contributed by atoms with E-state index in [1.54, 1.807) is 14.2 Å². The Balaban J connectivity index is 1.45. The van der Waals surface area contributed by atoms with Gasteiger partial charge in [0.2, 0.25) is 0 Å². The van der Waals surface area contributed by atoms with Crippen molar-refractivity contribution in [1.82, 2.24) is 14.8 Å². The van der Waals surface area contributed by atoms with Crippen molar-refractivity contribution in [2.45, 2.75) is 6.92 Å². The van der Waals surface area contributed by atoms with Crippen LogP contribution >= 0.6 is 0 Å². The lowest BCUT2D eigenvalue weighted by Crippen LogP contribution is -2.19. The number of methoxy groups -OCH3 is 2. The van der Waals surface area contributed by atoms with Gasteiger partial charge in [0.05, 0.1) is 19.9 Å². The summed E-state index contributed by atoms with van der Waals surface area (Å²) in [5.41, 5.74) is 4.11. The zero-order chi connectivity index (χ0) is 24.8. The van der Waals surface area contributed by atoms with Gasteiger partial charge in [-0.3, -0.25) is 0 Å². The number of para-hydroxylation sites is 1. The molecule has 0 aliphatic rings. The molecule has 0 aliphatic carbocycles. The molecule has 2 amide bonds. The van der Waals surface area contributed by atoms with Crippen molar-refractivity contribution in [3.63, 3.8) is 0 Å². The number of urea groups is 1. The number of aromatic nitrogens is 3. The van der Waals surface area contributed by atoms with E-state index in [-0.39, 0.29) is 6.03 Å². The van der Waals surface area contributed by atoms with E-state index in [2.05, 4.69) is 20.8 Å². The van der Waals surface area contributed by atoms with Crippen LogP contribution in [0, 0.1) is 6.92 Å². The first-order chi connectivity index (χ1) is 17.0. The van der Waals surface area contributed by atoms with E-state index >= 15 is 0 Å². The third-order valence-electron chi connectivity index (χ3n) is 5.46. The van der Waals surface area contributed by atoms with Crippen LogP contribution in [0.25, 0.3) is 23.5 Å². The number of carbonyl (C=O) groups excluding carboxylic acids is 1. The second-order valence-electron chi connectivity index (χ2n) is 7.88.